The molecule has 1 aromatic rings. The van der Waals surface area contributed by atoms with Crippen molar-refractivity contribution in [2.45, 2.75) is 51.2 Å². The third-order valence-corrected chi connectivity index (χ3v) is 4.23. The average Bonchev–Trinajstić information content (AvgIpc) is 3.29. The van der Waals surface area contributed by atoms with Crippen LogP contribution in [0.15, 0.2) is 0 Å². The van der Waals surface area contributed by atoms with Gasteiger partial charge in [0.2, 0.25) is 5.91 Å². The fourth-order valence-corrected chi connectivity index (χ4v) is 2.97. The molecule has 3 aliphatic rings. The molecular weight excluding hydrogens is 242 g/mol. The van der Waals surface area contributed by atoms with Crippen LogP contribution in [-0.2, 0) is 11.3 Å². The number of hydrogen-bond donors (Lipinski definition) is 0. The average molecular weight is 261 g/mol. The van der Waals surface area contributed by atoms with E-state index >= 15 is 0 Å². The SMILES string of the molecule is Cc1nnc(CN2CC(=O)N(C3CC3)C2)n1C1CC1. The first-order chi connectivity index (χ1) is 9.22. The molecule has 1 aromatic heterocycles. The van der Waals surface area contributed by atoms with Gasteiger partial charge in [0.1, 0.15) is 11.6 Å². The first-order valence-corrected chi connectivity index (χ1v) is 7.14. The quantitative estimate of drug-likeness (QED) is 0.800. The zero-order chi connectivity index (χ0) is 13.0. The lowest BCUT2D eigenvalue weighted by Gasteiger charge is -2.17. The van der Waals surface area contributed by atoms with Gasteiger partial charge in [-0.3, -0.25) is 9.69 Å². The number of aryl methyl sites for hydroxylation is 1. The van der Waals surface area contributed by atoms with E-state index in [4.69, 9.17) is 0 Å². The summed E-state index contributed by atoms with van der Waals surface area (Å²) >= 11 is 0. The molecule has 4 rings (SSSR count). The maximum atomic E-state index is 11.9. The van der Waals surface area contributed by atoms with Crippen LogP contribution in [-0.4, -0.2) is 49.7 Å². The summed E-state index contributed by atoms with van der Waals surface area (Å²) in [6.07, 6.45) is 4.83. The van der Waals surface area contributed by atoms with Gasteiger partial charge in [0.15, 0.2) is 0 Å². The summed E-state index contributed by atoms with van der Waals surface area (Å²) in [6.45, 7) is 4.06. The molecule has 0 unspecified atom stereocenters. The Morgan fingerprint density at radius 1 is 1.16 bits per heavy atom. The molecule has 0 radical (unpaired) electrons. The van der Waals surface area contributed by atoms with E-state index in [0.29, 0.717) is 18.6 Å². The number of rotatable bonds is 4. The van der Waals surface area contributed by atoms with Crippen LogP contribution in [0.2, 0.25) is 0 Å². The van der Waals surface area contributed by atoms with Gasteiger partial charge in [0, 0.05) is 12.1 Å². The van der Waals surface area contributed by atoms with Crippen LogP contribution in [0.1, 0.15) is 43.4 Å². The minimum absolute atomic E-state index is 0.275. The van der Waals surface area contributed by atoms with E-state index in [2.05, 4.69) is 19.7 Å². The molecule has 2 aliphatic carbocycles. The number of carbonyl (C=O) groups excluding carboxylic acids is 1. The van der Waals surface area contributed by atoms with E-state index in [1.807, 2.05) is 11.8 Å². The van der Waals surface area contributed by atoms with E-state index in [1.165, 1.54) is 25.7 Å². The van der Waals surface area contributed by atoms with Crippen molar-refractivity contribution in [3.8, 4) is 0 Å². The molecule has 0 N–H and O–H groups in total. The van der Waals surface area contributed by atoms with Crippen LogP contribution in [0.4, 0.5) is 0 Å². The number of nitrogens with zero attached hydrogens (tertiary/aromatic N) is 5. The molecule has 1 amide bonds. The largest absolute Gasteiger partial charge is 0.326 e. The van der Waals surface area contributed by atoms with Crippen molar-refractivity contribution in [1.82, 2.24) is 24.6 Å². The number of amides is 1. The van der Waals surface area contributed by atoms with Crippen molar-refractivity contribution in [2.24, 2.45) is 0 Å². The molecule has 1 saturated heterocycles. The van der Waals surface area contributed by atoms with Gasteiger partial charge < -0.3 is 9.47 Å². The van der Waals surface area contributed by atoms with Gasteiger partial charge in [0.05, 0.1) is 19.8 Å². The Bertz CT molecular complexity index is 517. The van der Waals surface area contributed by atoms with Crippen molar-refractivity contribution >= 4 is 5.91 Å². The number of carbonyl (C=O) groups is 1. The van der Waals surface area contributed by atoms with Gasteiger partial charge in [-0.05, 0) is 32.6 Å². The maximum Gasteiger partial charge on any atom is 0.238 e. The van der Waals surface area contributed by atoms with Gasteiger partial charge in [-0.25, -0.2) is 0 Å². The zero-order valence-corrected chi connectivity index (χ0v) is 11.2. The van der Waals surface area contributed by atoms with E-state index in [1.54, 1.807) is 0 Å². The molecule has 0 bridgehead atoms. The van der Waals surface area contributed by atoms with Crippen LogP contribution in [0, 0.1) is 6.92 Å². The highest BCUT2D eigenvalue weighted by Crippen LogP contribution is 2.37. The van der Waals surface area contributed by atoms with Gasteiger partial charge in [-0.15, -0.1) is 10.2 Å². The molecule has 0 spiro atoms. The van der Waals surface area contributed by atoms with Crippen LogP contribution in [0.5, 0.6) is 0 Å². The summed E-state index contributed by atoms with van der Waals surface area (Å²) < 4.78 is 2.25. The molecule has 2 heterocycles. The Morgan fingerprint density at radius 2 is 1.89 bits per heavy atom. The summed E-state index contributed by atoms with van der Waals surface area (Å²) in [5.41, 5.74) is 0. The minimum atomic E-state index is 0.275. The second-order valence-electron chi connectivity index (χ2n) is 5.99. The van der Waals surface area contributed by atoms with Gasteiger partial charge in [-0.2, -0.15) is 0 Å². The molecule has 6 nitrogen and oxygen atoms in total. The smallest absolute Gasteiger partial charge is 0.238 e. The Hall–Kier alpha value is -1.43. The molecule has 0 aromatic carbocycles. The predicted molar refractivity (Wildman–Crippen MR) is 68.2 cm³/mol. The van der Waals surface area contributed by atoms with Crippen molar-refractivity contribution in [3.63, 3.8) is 0 Å². The lowest BCUT2D eigenvalue weighted by molar-refractivity contribution is -0.127. The van der Waals surface area contributed by atoms with Crippen molar-refractivity contribution < 1.29 is 4.79 Å². The topological polar surface area (TPSA) is 54.3 Å². The first kappa shape index (κ1) is 11.4. The number of hydrogen-bond acceptors (Lipinski definition) is 4. The van der Waals surface area contributed by atoms with Crippen LogP contribution in [0.25, 0.3) is 0 Å². The van der Waals surface area contributed by atoms with Crippen LogP contribution >= 0.6 is 0 Å². The predicted octanol–water partition coefficient (Wildman–Crippen LogP) is 0.686. The summed E-state index contributed by atoms with van der Waals surface area (Å²) in [4.78, 5) is 16.1. The molecule has 2 saturated carbocycles. The molecule has 19 heavy (non-hydrogen) atoms. The molecule has 1 aliphatic heterocycles. The van der Waals surface area contributed by atoms with Crippen molar-refractivity contribution in [2.75, 3.05) is 13.2 Å². The summed E-state index contributed by atoms with van der Waals surface area (Å²) in [7, 11) is 0. The minimum Gasteiger partial charge on any atom is -0.326 e. The van der Waals surface area contributed by atoms with E-state index in [-0.39, 0.29) is 5.91 Å². The standard InChI is InChI=1S/C13H19N5O/c1-9-14-15-12(18(9)11-4-5-11)6-16-7-13(19)17(8-16)10-2-3-10/h10-11H,2-8H2,1H3. The molecular formula is C13H19N5O. The third kappa shape index (κ3) is 2.04. The highest BCUT2D eigenvalue weighted by atomic mass is 16.2. The fourth-order valence-electron chi connectivity index (χ4n) is 2.97. The summed E-state index contributed by atoms with van der Waals surface area (Å²) in [5.74, 6) is 2.30. The highest BCUT2D eigenvalue weighted by Gasteiger charge is 2.39. The van der Waals surface area contributed by atoms with Gasteiger partial charge in [0.25, 0.3) is 0 Å². The van der Waals surface area contributed by atoms with Crippen LogP contribution in [0.3, 0.4) is 0 Å². The highest BCUT2D eigenvalue weighted by molar-refractivity contribution is 5.80. The van der Waals surface area contributed by atoms with E-state index < -0.39 is 0 Å². The van der Waals surface area contributed by atoms with Gasteiger partial charge >= 0.3 is 0 Å². The Labute approximate surface area is 112 Å². The zero-order valence-electron chi connectivity index (χ0n) is 11.2. The monoisotopic (exact) mass is 261 g/mol. The summed E-state index contributed by atoms with van der Waals surface area (Å²) in [5, 5.41) is 8.49. The Morgan fingerprint density at radius 3 is 2.58 bits per heavy atom. The molecule has 3 fully saturated rings. The van der Waals surface area contributed by atoms with Crippen molar-refractivity contribution in [3.05, 3.63) is 11.6 Å². The van der Waals surface area contributed by atoms with Crippen LogP contribution < -0.4 is 0 Å². The normalized spacial score (nSPS) is 24.5. The Balaban J connectivity index is 1.48. The van der Waals surface area contributed by atoms with Gasteiger partial charge in [-0.1, -0.05) is 0 Å². The third-order valence-electron chi connectivity index (χ3n) is 4.23. The van der Waals surface area contributed by atoms with E-state index in [0.717, 1.165) is 24.9 Å². The van der Waals surface area contributed by atoms with Crippen molar-refractivity contribution in [1.29, 1.82) is 0 Å². The lowest BCUT2D eigenvalue weighted by Crippen LogP contribution is -2.29. The second kappa shape index (κ2) is 4.03. The second-order valence-corrected chi connectivity index (χ2v) is 5.99. The Kier molecular flexibility index (Phi) is 2.42. The molecule has 0 atom stereocenters. The molecule has 102 valence electrons. The fraction of sp³-hybridized carbons (Fsp3) is 0.769. The molecule has 6 heteroatoms. The maximum absolute atomic E-state index is 11.9. The lowest BCUT2D eigenvalue weighted by atomic mass is 10.4. The first-order valence-electron chi connectivity index (χ1n) is 7.14. The summed E-state index contributed by atoms with van der Waals surface area (Å²) in [6, 6.07) is 1.11. The number of aromatic nitrogens is 3. The van der Waals surface area contributed by atoms with E-state index in [9.17, 15) is 4.79 Å².